The summed E-state index contributed by atoms with van der Waals surface area (Å²) < 4.78 is 10.8. The molecular formula is C23H25N3O5. The smallest absolute Gasteiger partial charge is 0.329 e. The molecule has 2 fully saturated rings. The summed E-state index contributed by atoms with van der Waals surface area (Å²) in [5, 5.41) is 2.65. The van der Waals surface area contributed by atoms with Crippen LogP contribution in [0.1, 0.15) is 30.9 Å². The fraction of sp³-hybridized carbons (Fsp3) is 0.348. The van der Waals surface area contributed by atoms with Crippen LogP contribution < -0.4 is 19.7 Å². The number of nitrogens with zero attached hydrogens (tertiary/aromatic N) is 2. The van der Waals surface area contributed by atoms with Crippen LogP contribution in [0.5, 0.6) is 11.5 Å². The second-order valence-electron chi connectivity index (χ2n) is 7.57. The molecule has 8 heteroatoms. The van der Waals surface area contributed by atoms with Gasteiger partial charge < -0.3 is 19.7 Å². The summed E-state index contributed by atoms with van der Waals surface area (Å²) in [6.45, 7) is 0.593. The van der Waals surface area contributed by atoms with Crippen molar-refractivity contribution in [3.05, 3.63) is 54.1 Å². The zero-order chi connectivity index (χ0) is 22.0. The lowest BCUT2D eigenvalue weighted by Gasteiger charge is -2.27. The van der Waals surface area contributed by atoms with Crippen molar-refractivity contribution in [1.29, 1.82) is 0 Å². The molecule has 8 nitrogen and oxygen atoms in total. The second-order valence-corrected chi connectivity index (χ2v) is 7.57. The molecule has 0 unspecified atom stereocenters. The van der Waals surface area contributed by atoms with Gasteiger partial charge in [-0.1, -0.05) is 18.2 Å². The van der Waals surface area contributed by atoms with Crippen molar-refractivity contribution in [1.82, 2.24) is 10.2 Å². The van der Waals surface area contributed by atoms with Crippen LogP contribution in [0.3, 0.4) is 0 Å². The van der Waals surface area contributed by atoms with E-state index in [1.165, 1.54) is 0 Å². The quantitative estimate of drug-likeness (QED) is 0.722. The Bertz CT molecular complexity index is 994. The monoisotopic (exact) mass is 423 g/mol. The van der Waals surface area contributed by atoms with Crippen molar-refractivity contribution in [2.75, 3.05) is 25.7 Å². The van der Waals surface area contributed by atoms with Crippen molar-refractivity contribution in [3.63, 3.8) is 0 Å². The molecule has 2 aliphatic heterocycles. The van der Waals surface area contributed by atoms with Gasteiger partial charge in [-0.2, -0.15) is 0 Å². The first kappa shape index (κ1) is 20.7. The van der Waals surface area contributed by atoms with Crippen LogP contribution in [0.4, 0.5) is 10.5 Å². The van der Waals surface area contributed by atoms with Gasteiger partial charge in [-0.3, -0.25) is 9.59 Å². The Morgan fingerprint density at radius 3 is 2.58 bits per heavy atom. The number of anilines is 1. The van der Waals surface area contributed by atoms with E-state index in [2.05, 4.69) is 5.32 Å². The van der Waals surface area contributed by atoms with Crippen molar-refractivity contribution in [2.24, 2.45) is 0 Å². The molecule has 0 saturated carbocycles. The number of methoxy groups -OCH3 is 2. The van der Waals surface area contributed by atoms with Crippen LogP contribution in [0.15, 0.2) is 48.5 Å². The van der Waals surface area contributed by atoms with E-state index in [9.17, 15) is 14.4 Å². The second kappa shape index (κ2) is 8.67. The highest BCUT2D eigenvalue weighted by molar-refractivity contribution is 6.22. The van der Waals surface area contributed by atoms with Crippen LogP contribution in [0.25, 0.3) is 0 Å². The van der Waals surface area contributed by atoms with Gasteiger partial charge in [0.1, 0.15) is 17.5 Å². The molecule has 162 valence electrons. The minimum absolute atomic E-state index is 0.0805. The van der Waals surface area contributed by atoms with E-state index in [0.717, 1.165) is 23.3 Å². The van der Waals surface area contributed by atoms with Crippen molar-refractivity contribution < 1.29 is 23.9 Å². The van der Waals surface area contributed by atoms with Crippen LogP contribution >= 0.6 is 0 Å². The molecule has 2 atom stereocenters. The van der Waals surface area contributed by atoms with Gasteiger partial charge >= 0.3 is 6.03 Å². The van der Waals surface area contributed by atoms with Crippen LogP contribution in [0.2, 0.25) is 0 Å². The Hall–Kier alpha value is -3.55. The van der Waals surface area contributed by atoms with E-state index in [1.807, 2.05) is 18.2 Å². The number of nitrogens with one attached hydrogen (secondary N) is 1. The van der Waals surface area contributed by atoms with Gasteiger partial charge in [0.15, 0.2) is 0 Å². The Morgan fingerprint density at radius 2 is 1.87 bits per heavy atom. The molecule has 0 bridgehead atoms. The summed E-state index contributed by atoms with van der Waals surface area (Å²) in [6.07, 6.45) is 1.57. The zero-order valence-electron chi connectivity index (χ0n) is 17.5. The summed E-state index contributed by atoms with van der Waals surface area (Å²) in [4.78, 5) is 41.2. The summed E-state index contributed by atoms with van der Waals surface area (Å²) in [5.41, 5.74) is 1.39. The van der Waals surface area contributed by atoms with E-state index in [0.29, 0.717) is 23.7 Å². The van der Waals surface area contributed by atoms with E-state index in [-0.39, 0.29) is 18.4 Å². The van der Waals surface area contributed by atoms with Crippen LogP contribution in [-0.4, -0.2) is 49.6 Å². The standard InChI is InChI=1S/C23H25N3O5/c1-30-16-10-11-17(20(13-16)31-2)19-9-6-12-25(19)21(27)14-18-22(28)26(23(29)24-18)15-7-4-3-5-8-15/h3-5,7-8,10-11,13,18-19H,6,9,12,14H2,1-2H3,(H,24,29)/t18-,19+/m1/s1. The first-order chi connectivity index (χ1) is 15.0. The number of hydrogen-bond donors (Lipinski definition) is 1. The highest BCUT2D eigenvalue weighted by atomic mass is 16.5. The van der Waals surface area contributed by atoms with Gasteiger partial charge in [-0.05, 0) is 37.1 Å². The SMILES string of the molecule is COc1ccc([C@@H]2CCCN2C(=O)C[C@H]2NC(=O)N(c3ccccc3)C2=O)c(OC)c1. The Labute approximate surface area is 180 Å². The number of carbonyl (C=O) groups excluding carboxylic acids is 3. The number of ether oxygens (including phenoxy) is 2. The molecule has 2 aromatic carbocycles. The number of amides is 4. The maximum Gasteiger partial charge on any atom is 0.329 e. The van der Waals surface area contributed by atoms with E-state index >= 15 is 0 Å². The average molecular weight is 423 g/mol. The van der Waals surface area contributed by atoms with Gasteiger partial charge in [-0.15, -0.1) is 0 Å². The topological polar surface area (TPSA) is 88.2 Å². The number of imide groups is 1. The zero-order valence-corrected chi connectivity index (χ0v) is 17.5. The molecule has 4 rings (SSSR count). The minimum Gasteiger partial charge on any atom is -0.497 e. The van der Waals surface area contributed by atoms with Gasteiger partial charge in [0.05, 0.1) is 32.4 Å². The molecule has 0 radical (unpaired) electrons. The molecule has 0 spiro atoms. The first-order valence-corrected chi connectivity index (χ1v) is 10.2. The number of hydrogen-bond acceptors (Lipinski definition) is 5. The van der Waals surface area contributed by atoms with Crippen molar-refractivity contribution in [3.8, 4) is 11.5 Å². The summed E-state index contributed by atoms with van der Waals surface area (Å²) >= 11 is 0. The molecule has 2 aliphatic rings. The number of rotatable bonds is 6. The van der Waals surface area contributed by atoms with E-state index in [4.69, 9.17) is 9.47 Å². The molecule has 2 heterocycles. The lowest BCUT2D eigenvalue weighted by molar-refractivity contribution is -0.134. The van der Waals surface area contributed by atoms with Crippen LogP contribution in [0, 0.1) is 0 Å². The highest BCUT2D eigenvalue weighted by Gasteiger charge is 2.42. The predicted molar refractivity (Wildman–Crippen MR) is 114 cm³/mol. The molecule has 4 amide bonds. The van der Waals surface area contributed by atoms with Crippen LogP contribution in [-0.2, 0) is 9.59 Å². The molecule has 1 N–H and O–H groups in total. The molecule has 0 aromatic heterocycles. The fourth-order valence-corrected chi connectivity index (χ4v) is 4.27. The predicted octanol–water partition coefficient (Wildman–Crippen LogP) is 2.88. The average Bonchev–Trinajstić information content (AvgIpc) is 3.38. The number of urea groups is 1. The van der Waals surface area contributed by atoms with E-state index in [1.54, 1.807) is 49.5 Å². The van der Waals surface area contributed by atoms with E-state index < -0.39 is 18.0 Å². The number of benzene rings is 2. The molecular weight excluding hydrogens is 398 g/mol. The third kappa shape index (κ3) is 3.93. The lowest BCUT2D eigenvalue weighted by Crippen LogP contribution is -2.39. The number of para-hydroxylation sites is 1. The normalized spacial score (nSPS) is 20.7. The summed E-state index contributed by atoms with van der Waals surface area (Å²) in [5.74, 6) is 0.748. The Morgan fingerprint density at radius 1 is 1.10 bits per heavy atom. The highest BCUT2D eigenvalue weighted by Crippen LogP contribution is 2.39. The Kier molecular flexibility index (Phi) is 5.79. The lowest BCUT2D eigenvalue weighted by atomic mass is 10.0. The molecule has 31 heavy (non-hydrogen) atoms. The first-order valence-electron chi connectivity index (χ1n) is 10.2. The Balaban J connectivity index is 1.50. The maximum atomic E-state index is 13.1. The minimum atomic E-state index is -0.876. The molecule has 2 saturated heterocycles. The summed E-state index contributed by atoms with van der Waals surface area (Å²) in [6, 6.07) is 12.7. The number of carbonyl (C=O) groups is 3. The van der Waals surface area contributed by atoms with Gasteiger partial charge in [-0.25, -0.2) is 9.69 Å². The van der Waals surface area contributed by atoms with Crippen molar-refractivity contribution >= 4 is 23.5 Å². The molecule has 0 aliphatic carbocycles. The van der Waals surface area contributed by atoms with Gasteiger partial charge in [0, 0.05) is 18.2 Å². The van der Waals surface area contributed by atoms with Crippen molar-refractivity contribution in [2.45, 2.75) is 31.3 Å². The van der Waals surface area contributed by atoms with Gasteiger partial charge in [0.2, 0.25) is 5.91 Å². The molecule has 2 aromatic rings. The maximum absolute atomic E-state index is 13.1. The fourth-order valence-electron chi connectivity index (χ4n) is 4.27. The number of likely N-dealkylation sites (tertiary alicyclic amines) is 1. The summed E-state index contributed by atoms with van der Waals surface area (Å²) in [7, 11) is 3.18. The third-order valence-electron chi connectivity index (χ3n) is 5.79. The largest absolute Gasteiger partial charge is 0.497 e. The third-order valence-corrected chi connectivity index (χ3v) is 5.79. The van der Waals surface area contributed by atoms with Gasteiger partial charge in [0.25, 0.3) is 5.91 Å².